The molecule has 2 atom stereocenters. The molecule has 1 heterocycles. The average Bonchev–Trinajstić information content (AvgIpc) is 2.53. The first-order valence-electron chi connectivity index (χ1n) is 7.35. The third kappa shape index (κ3) is 4.04. The van der Waals surface area contributed by atoms with Gasteiger partial charge in [-0.2, -0.15) is 0 Å². The van der Waals surface area contributed by atoms with Crippen molar-refractivity contribution < 1.29 is 23.8 Å². The number of nitrogens with zero attached hydrogens (tertiary/aromatic N) is 1. The molecule has 6 heteroatoms. The number of ether oxygens (including phenoxy) is 1. The van der Waals surface area contributed by atoms with Gasteiger partial charge < -0.3 is 14.7 Å². The number of carbonyl (C=O) groups excluding carboxylic acids is 1. The number of carboxylic acid groups (broad SMARTS) is 1. The summed E-state index contributed by atoms with van der Waals surface area (Å²) >= 11 is 0. The molecule has 1 N–H and O–H groups in total. The van der Waals surface area contributed by atoms with Crippen LogP contribution in [0.4, 0.5) is 4.39 Å². The number of hydrogen-bond donors (Lipinski definition) is 1. The zero-order chi connectivity index (χ0) is 16.1. The van der Waals surface area contributed by atoms with Gasteiger partial charge in [0, 0.05) is 12.5 Å². The van der Waals surface area contributed by atoms with Crippen molar-refractivity contribution in [3.05, 3.63) is 35.6 Å². The molecule has 1 amide bonds. The van der Waals surface area contributed by atoms with Gasteiger partial charge in [-0.1, -0.05) is 25.1 Å². The van der Waals surface area contributed by atoms with Gasteiger partial charge in [0.05, 0.1) is 13.2 Å². The minimum absolute atomic E-state index is 0.0677. The van der Waals surface area contributed by atoms with E-state index in [4.69, 9.17) is 9.84 Å². The van der Waals surface area contributed by atoms with E-state index in [0.717, 1.165) is 0 Å². The normalized spacial score (nSPS) is 19.7. The van der Waals surface area contributed by atoms with E-state index in [9.17, 15) is 14.0 Å². The van der Waals surface area contributed by atoms with Crippen LogP contribution in [0.2, 0.25) is 0 Å². The van der Waals surface area contributed by atoms with Gasteiger partial charge in [-0.05, 0) is 24.5 Å². The molecule has 0 aromatic heterocycles. The summed E-state index contributed by atoms with van der Waals surface area (Å²) in [5.41, 5.74) is 0.590. The molecule has 120 valence electrons. The molecule has 1 saturated heterocycles. The van der Waals surface area contributed by atoms with Crippen molar-refractivity contribution in [3.63, 3.8) is 0 Å². The Morgan fingerprint density at radius 1 is 1.45 bits per heavy atom. The van der Waals surface area contributed by atoms with Crippen molar-refractivity contribution in [1.82, 2.24) is 4.90 Å². The summed E-state index contributed by atoms with van der Waals surface area (Å²) in [6.07, 6.45) is 0.0395. The van der Waals surface area contributed by atoms with Crippen LogP contribution in [0.3, 0.4) is 0 Å². The average molecular weight is 309 g/mol. The lowest BCUT2D eigenvalue weighted by Gasteiger charge is -2.32. The SMILES string of the molecule is C[C@@H](CCc1ccccc1F)C(=O)N1CCO[C@H](C(=O)O)C1. The van der Waals surface area contributed by atoms with Crippen LogP contribution in [-0.2, 0) is 20.7 Å². The topological polar surface area (TPSA) is 66.8 Å². The number of aryl methyl sites for hydroxylation is 1. The molecular weight excluding hydrogens is 289 g/mol. The van der Waals surface area contributed by atoms with Crippen molar-refractivity contribution in [2.45, 2.75) is 25.9 Å². The van der Waals surface area contributed by atoms with Crippen LogP contribution in [0.15, 0.2) is 24.3 Å². The summed E-state index contributed by atoms with van der Waals surface area (Å²) in [5.74, 6) is -1.71. The van der Waals surface area contributed by atoms with Crippen LogP contribution in [0.1, 0.15) is 18.9 Å². The van der Waals surface area contributed by atoms with Crippen LogP contribution >= 0.6 is 0 Å². The lowest BCUT2D eigenvalue weighted by Crippen LogP contribution is -2.50. The van der Waals surface area contributed by atoms with Crippen molar-refractivity contribution in [1.29, 1.82) is 0 Å². The van der Waals surface area contributed by atoms with E-state index in [1.54, 1.807) is 25.1 Å². The molecule has 1 aromatic rings. The van der Waals surface area contributed by atoms with Gasteiger partial charge in [-0.3, -0.25) is 4.79 Å². The van der Waals surface area contributed by atoms with Crippen molar-refractivity contribution in [2.75, 3.05) is 19.7 Å². The van der Waals surface area contributed by atoms with Crippen molar-refractivity contribution in [3.8, 4) is 0 Å². The number of aliphatic carboxylic acids is 1. The molecule has 0 radical (unpaired) electrons. The summed E-state index contributed by atoms with van der Waals surface area (Å²) < 4.78 is 18.7. The van der Waals surface area contributed by atoms with Gasteiger partial charge in [0.2, 0.25) is 5.91 Å². The fraction of sp³-hybridized carbons (Fsp3) is 0.500. The number of morpholine rings is 1. The lowest BCUT2D eigenvalue weighted by atomic mass is 9.99. The van der Waals surface area contributed by atoms with Crippen molar-refractivity contribution in [2.24, 2.45) is 5.92 Å². The molecule has 5 nitrogen and oxygen atoms in total. The number of hydrogen-bond acceptors (Lipinski definition) is 3. The zero-order valence-electron chi connectivity index (χ0n) is 12.5. The number of carboxylic acids is 1. The number of carbonyl (C=O) groups is 2. The van der Waals surface area contributed by atoms with E-state index in [1.807, 2.05) is 0 Å². The molecule has 2 rings (SSSR count). The molecule has 1 aromatic carbocycles. The second-order valence-electron chi connectivity index (χ2n) is 5.51. The lowest BCUT2D eigenvalue weighted by molar-refractivity contribution is -0.160. The zero-order valence-corrected chi connectivity index (χ0v) is 12.5. The third-order valence-corrected chi connectivity index (χ3v) is 3.88. The minimum atomic E-state index is -1.06. The van der Waals surface area contributed by atoms with E-state index in [1.165, 1.54) is 11.0 Å². The Morgan fingerprint density at radius 3 is 2.86 bits per heavy atom. The highest BCUT2D eigenvalue weighted by atomic mass is 19.1. The molecule has 1 aliphatic rings. The maximum Gasteiger partial charge on any atom is 0.334 e. The summed E-state index contributed by atoms with van der Waals surface area (Å²) in [4.78, 5) is 24.8. The van der Waals surface area contributed by atoms with Gasteiger partial charge in [-0.15, -0.1) is 0 Å². The molecular formula is C16H20FNO4. The first-order valence-corrected chi connectivity index (χ1v) is 7.35. The van der Waals surface area contributed by atoms with E-state index >= 15 is 0 Å². The Morgan fingerprint density at radius 2 is 2.18 bits per heavy atom. The monoisotopic (exact) mass is 309 g/mol. The van der Waals surface area contributed by atoms with Gasteiger partial charge in [0.15, 0.2) is 6.10 Å². The quantitative estimate of drug-likeness (QED) is 0.899. The van der Waals surface area contributed by atoms with E-state index in [2.05, 4.69) is 0 Å². The van der Waals surface area contributed by atoms with Gasteiger partial charge in [0.25, 0.3) is 0 Å². The van der Waals surface area contributed by atoms with Crippen LogP contribution < -0.4 is 0 Å². The molecule has 1 fully saturated rings. The second kappa shape index (κ2) is 7.35. The molecule has 0 saturated carbocycles. The minimum Gasteiger partial charge on any atom is -0.479 e. The molecule has 22 heavy (non-hydrogen) atoms. The summed E-state index contributed by atoms with van der Waals surface area (Å²) in [6, 6.07) is 6.51. The smallest absolute Gasteiger partial charge is 0.334 e. The molecule has 1 aliphatic heterocycles. The van der Waals surface area contributed by atoms with Gasteiger partial charge in [0.1, 0.15) is 5.82 Å². The standard InChI is InChI=1S/C16H20FNO4/c1-11(6-7-12-4-2-3-5-13(12)17)15(19)18-8-9-22-14(10-18)16(20)21/h2-5,11,14H,6-10H2,1H3,(H,20,21)/t11-,14-/m0/s1. The highest BCUT2D eigenvalue weighted by Gasteiger charge is 2.30. The Balaban J connectivity index is 1.89. The van der Waals surface area contributed by atoms with Gasteiger partial charge >= 0.3 is 5.97 Å². The first kappa shape index (κ1) is 16.4. The maximum absolute atomic E-state index is 13.6. The third-order valence-electron chi connectivity index (χ3n) is 3.88. The number of rotatable bonds is 5. The predicted molar refractivity (Wildman–Crippen MR) is 77.8 cm³/mol. The first-order chi connectivity index (χ1) is 10.5. The molecule has 0 spiro atoms. The van der Waals surface area contributed by atoms with E-state index in [-0.39, 0.29) is 30.8 Å². The van der Waals surface area contributed by atoms with Crippen LogP contribution in [0.5, 0.6) is 0 Å². The maximum atomic E-state index is 13.6. The summed E-state index contributed by atoms with van der Waals surface area (Å²) in [5, 5.41) is 8.95. The van der Waals surface area contributed by atoms with Crippen LogP contribution in [-0.4, -0.2) is 47.7 Å². The highest BCUT2D eigenvalue weighted by molar-refractivity contribution is 5.80. The second-order valence-corrected chi connectivity index (χ2v) is 5.51. The Bertz CT molecular complexity index is 549. The van der Waals surface area contributed by atoms with Crippen LogP contribution in [0.25, 0.3) is 0 Å². The van der Waals surface area contributed by atoms with Crippen molar-refractivity contribution >= 4 is 11.9 Å². The molecule has 0 unspecified atom stereocenters. The summed E-state index contributed by atoms with van der Waals surface area (Å²) in [6.45, 7) is 2.47. The highest BCUT2D eigenvalue weighted by Crippen LogP contribution is 2.16. The van der Waals surface area contributed by atoms with E-state index in [0.29, 0.717) is 24.9 Å². The number of halogens is 1. The fourth-order valence-electron chi connectivity index (χ4n) is 2.51. The number of amides is 1. The van der Waals surface area contributed by atoms with E-state index < -0.39 is 12.1 Å². The van der Waals surface area contributed by atoms with Crippen LogP contribution in [0, 0.1) is 11.7 Å². The molecule has 0 aliphatic carbocycles. The number of benzene rings is 1. The van der Waals surface area contributed by atoms with Gasteiger partial charge in [-0.25, -0.2) is 9.18 Å². The molecule has 0 bridgehead atoms. The Labute approximate surface area is 128 Å². The Kier molecular flexibility index (Phi) is 5.49. The Hall–Kier alpha value is -1.95. The largest absolute Gasteiger partial charge is 0.479 e. The predicted octanol–water partition coefficient (Wildman–Crippen LogP) is 1.71. The fourth-order valence-corrected chi connectivity index (χ4v) is 2.51. The summed E-state index contributed by atoms with van der Waals surface area (Å²) in [7, 11) is 0.